The Morgan fingerprint density at radius 2 is 2.22 bits per heavy atom. The van der Waals surface area contributed by atoms with Crippen molar-refractivity contribution in [3.8, 4) is 0 Å². The van der Waals surface area contributed by atoms with Crippen molar-refractivity contribution in [1.82, 2.24) is 10.3 Å². The Bertz CT molecular complexity index is 396. The molecule has 1 rings (SSSR count). The minimum Gasteiger partial charge on any atom is -0.391 e. The molecule has 0 spiro atoms. The van der Waals surface area contributed by atoms with Gasteiger partial charge in [-0.3, -0.25) is 4.79 Å². The number of aliphatic hydroxyl groups excluding tert-OH is 1. The van der Waals surface area contributed by atoms with Gasteiger partial charge in [-0.15, -0.1) is 11.3 Å². The quantitative estimate of drug-likeness (QED) is 0.863. The largest absolute Gasteiger partial charge is 0.391 e. The van der Waals surface area contributed by atoms with Crippen LogP contribution in [0.25, 0.3) is 0 Å². The van der Waals surface area contributed by atoms with E-state index >= 15 is 0 Å². The number of nitrogens with one attached hydrogen (secondary N) is 1. The Kier molecular flexibility index (Phi) is 5.28. The second-order valence-electron chi connectivity index (χ2n) is 5.43. The van der Waals surface area contributed by atoms with Crippen LogP contribution in [0.5, 0.6) is 0 Å². The second-order valence-corrected chi connectivity index (χ2v) is 6.46. The molecule has 4 nitrogen and oxygen atoms in total. The maximum atomic E-state index is 11.8. The van der Waals surface area contributed by atoms with E-state index in [9.17, 15) is 9.90 Å². The van der Waals surface area contributed by atoms with Gasteiger partial charge in [0.25, 0.3) is 5.91 Å². The van der Waals surface area contributed by atoms with Crippen LogP contribution in [0.15, 0.2) is 6.20 Å². The highest BCUT2D eigenvalue weighted by Gasteiger charge is 2.20. The van der Waals surface area contributed by atoms with Gasteiger partial charge < -0.3 is 10.4 Å². The third-order valence-electron chi connectivity index (χ3n) is 2.49. The summed E-state index contributed by atoms with van der Waals surface area (Å²) in [4.78, 5) is 16.7. The van der Waals surface area contributed by atoms with E-state index in [4.69, 9.17) is 0 Å². The van der Waals surface area contributed by atoms with Crippen LogP contribution in [0, 0.1) is 0 Å². The smallest absolute Gasteiger partial charge is 0.263 e. The van der Waals surface area contributed by atoms with Crippen molar-refractivity contribution in [1.29, 1.82) is 0 Å². The summed E-state index contributed by atoms with van der Waals surface area (Å²) in [5.41, 5.74) is -0.0368. The molecular weight excluding hydrogens is 248 g/mol. The minimum absolute atomic E-state index is 0.0368. The van der Waals surface area contributed by atoms with Gasteiger partial charge in [-0.1, -0.05) is 34.1 Å². The molecule has 1 amide bonds. The number of aliphatic hydroxyl groups is 1. The predicted molar refractivity (Wildman–Crippen MR) is 74.1 cm³/mol. The van der Waals surface area contributed by atoms with E-state index in [2.05, 4.69) is 31.1 Å². The number of aromatic nitrogens is 1. The zero-order valence-corrected chi connectivity index (χ0v) is 12.3. The molecule has 1 aromatic rings. The maximum absolute atomic E-state index is 11.8. The first-order valence-electron chi connectivity index (χ1n) is 6.27. The van der Waals surface area contributed by atoms with Gasteiger partial charge >= 0.3 is 0 Å². The third-order valence-corrected chi connectivity index (χ3v) is 3.91. The summed E-state index contributed by atoms with van der Waals surface area (Å²) < 4.78 is 0. The standard InChI is InChI=1S/C13H22N2O2S/c1-5-6-9(16)7-14-11(17)10-8-15-12(18-10)13(2,3)4/h8-9,16H,5-7H2,1-4H3,(H,14,17). The number of thiazole rings is 1. The van der Waals surface area contributed by atoms with E-state index in [1.54, 1.807) is 6.20 Å². The molecule has 0 aromatic carbocycles. The fourth-order valence-electron chi connectivity index (χ4n) is 1.46. The molecule has 1 aromatic heterocycles. The molecule has 0 fully saturated rings. The van der Waals surface area contributed by atoms with Gasteiger partial charge in [-0.05, 0) is 6.42 Å². The molecule has 0 saturated carbocycles. The Labute approximate surface area is 112 Å². The molecule has 0 aliphatic carbocycles. The van der Waals surface area contributed by atoms with Crippen LogP contribution in [0.1, 0.15) is 55.2 Å². The number of nitrogens with zero attached hydrogens (tertiary/aromatic N) is 1. The minimum atomic E-state index is -0.464. The Hall–Kier alpha value is -0.940. The molecule has 0 aliphatic heterocycles. The monoisotopic (exact) mass is 270 g/mol. The lowest BCUT2D eigenvalue weighted by Gasteiger charge is -2.13. The highest BCUT2D eigenvalue weighted by molar-refractivity contribution is 7.13. The van der Waals surface area contributed by atoms with E-state index in [1.165, 1.54) is 11.3 Å². The fraction of sp³-hybridized carbons (Fsp3) is 0.692. The molecule has 0 radical (unpaired) electrons. The van der Waals surface area contributed by atoms with Crippen LogP contribution in [0.4, 0.5) is 0 Å². The topological polar surface area (TPSA) is 62.2 Å². The summed E-state index contributed by atoms with van der Waals surface area (Å²) in [5.74, 6) is -0.154. The normalized spacial score (nSPS) is 13.4. The SMILES string of the molecule is CCCC(O)CNC(=O)c1cnc(C(C)(C)C)s1. The van der Waals surface area contributed by atoms with Gasteiger partial charge in [0.2, 0.25) is 0 Å². The van der Waals surface area contributed by atoms with Gasteiger partial charge in [0.05, 0.1) is 17.3 Å². The summed E-state index contributed by atoms with van der Waals surface area (Å²) in [5, 5.41) is 13.2. The zero-order chi connectivity index (χ0) is 13.8. The van der Waals surface area contributed by atoms with Gasteiger partial charge in [-0.2, -0.15) is 0 Å². The van der Waals surface area contributed by atoms with Crippen molar-refractivity contribution in [2.45, 2.75) is 52.1 Å². The molecule has 0 saturated heterocycles. The molecule has 1 unspecified atom stereocenters. The van der Waals surface area contributed by atoms with Crippen LogP contribution in [-0.4, -0.2) is 28.6 Å². The molecule has 1 heterocycles. The number of carbonyl (C=O) groups excluding carboxylic acids is 1. The maximum Gasteiger partial charge on any atom is 0.263 e. The number of hydrogen-bond acceptors (Lipinski definition) is 4. The lowest BCUT2D eigenvalue weighted by atomic mass is 9.98. The molecule has 1 atom stereocenters. The summed E-state index contributed by atoms with van der Waals surface area (Å²) in [6, 6.07) is 0. The molecule has 2 N–H and O–H groups in total. The molecule has 18 heavy (non-hydrogen) atoms. The van der Waals surface area contributed by atoms with Crippen molar-refractivity contribution < 1.29 is 9.90 Å². The summed E-state index contributed by atoms with van der Waals surface area (Å²) >= 11 is 1.41. The van der Waals surface area contributed by atoms with Crippen LogP contribution < -0.4 is 5.32 Å². The third kappa shape index (κ3) is 4.38. The predicted octanol–water partition coefficient (Wildman–Crippen LogP) is 2.33. The lowest BCUT2D eigenvalue weighted by Crippen LogP contribution is -2.31. The molecule has 102 valence electrons. The van der Waals surface area contributed by atoms with Gasteiger partial charge in [0, 0.05) is 12.0 Å². The first kappa shape index (κ1) is 15.1. The first-order valence-corrected chi connectivity index (χ1v) is 7.08. The highest BCUT2D eigenvalue weighted by atomic mass is 32.1. The van der Waals surface area contributed by atoms with E-state index in [0.717, 1.165) is 11.4 Å². The number of amides is 1. The van der Waals surface area contributed by atoms with Gasteiger partial charge in [-0.25, -0.2) is 4.98 Å². The van der Waals surface area contributed by atoms with Crippen LogP contribution in [-0.2, 0) is 5.41 Å². The zero-order valence-electron chi connectivity index (χ0n) is 11.5. The van der Waals surface area contributed by atoms with Crippen molar-refractivity contribution in [2.75, 3.05) is 6.54 Å². The van der Waals surface area contributed by atoms with Crippen molar-refractivity contribution in [3.63, 3.8) is 0 Å². The lowest BCUT2D eigenvalue weighted by molar-refractivity contribution is 0.0914. The average Bonchev–Trinajstić information content (AvgIpc) is 2.75. The second kappa shape index (κ2) is 6.29. The van der Waals surface area contributed by atoms with Crippen LogP contribution in [0.3, 0.4) is 0 Å². The van der Waals surface area contributed by atoms with E-state index in [-0.39, 0.29) is 11.3 Å². The molecular formula is C13H22N2O2S. The average molecular weight is 270 g/mol. The Balaban J connectivity index is 2.55. The fourth-order valence-corrected chi connectivity index (χ4v) is 2.35. The molecule has 0 aliphatic rings. The number of hydrogen-bond donors (Lipinski definition) is 2. The Morgan fingerprint density at radius 1 is 1.56 bits per heavy atom. The van der Waals surface area contributed by atoms with Crippen LogP contribution in [0.2, 0.25) is 0 Å². The van der Waals surface area contributed by atoms with E-state index < -0.39 is 6.10 Å². The summed E-state index contributed by atoms with van der Waals surface area (Å²) in [6.07, 6.45) is 2.75. The van der Waals surface area contributed by atoms with Crippen molar-refractivity contribution in [3.05, 3.63) is 16.1 Å². The van der Waals surface area contributed by atoms with Crippen LogP contribution >= 0.6 is 11.3 Å². The summed E-state index contributed by atoms with van der Waals surface area (Å²) in [7, 11) is 0. The van der Waals surface area contributed by atoms with E-state index in [0.29, 0.717) is 17.8 Å². The van der Waals surface area contributed by atoms with Crippen molar-refractivity contribution >= 4 is 17.2 Å². The highest BCUT2D eigenvalue weighted by Crippen LogP contribution is 2.26. The summed E-state index contributed by atoms with van der Waals surface area (Å²) in [6.45, 7) is 8.51. The van der Waals surface area contributed by atoms with E-state index in [1.807, 2.05) is 6.92 Å². The number of rotatable bonds is 5. The molecule has 5 heteroatoms. The van der Waals surface area contributed by atoms with Crippen molar-refractivity contribution in [2.24, 2.45) is 0 Å². The van der Waals surface area contributed by atoms with Gasteiger partial charge in [0.15, 0.2) is 0 Å². The Morgan fingerprint density at radius 3 is 2.72 bits per heavy atom. The number of carbonyl (C=O) groups is 1. The molecule has 0 bridgehead atoms. The first-order chi connectivity index (χ1) is 8.34. The van der Waals surface area contributed by atoms with Gasteiger partial charge in [0.1, 0.15) is 4.88 Å².